The molecule has 0 aliphatic heterocycles. The van der Waals surface area contributed by atoms with Crippen molar-refractivity contribution in [2.24, 2.45) is 0 Å². The Balaban J connectivity index is 3.11. The molecular weight excluding hydrogens is 329 g/mol. The smallest absolute Gasteiger partial charge is 0.335 e. The van der Waals surface area contributed by atoms with Crippen LogP contribution in [0.4, 0.5) is 5.69 Å². The fourth-order valence-electron chi connectivity index (χ4n) is 1.24. The van der Waals surface area contributed by atoms with Crippen LogP contribution in [0.2, 0.25) is 10.0 Å². The number of carbonyl (C=O) groups is 2. The van der Waals surface area contributed by atoms with Gasteiger partial charge in [0.15, 0.2) is 9.84 Å². The largest absolute Gasteiger partial charge is 0.478 e. The summed E-state index contributed by atoms with van der Waals surface area (Å²) in [6.07, 6.45) is 0.925. The van der Waals surface area contributed by atoms with E-state index in [0.717, 1.165) is 18.4 Å². The second-order valence-corrected chi connectivity index (χ2v) is 7.26. The van der Waals surface area contributed by atoms with Gasteiger partial charge in [-0.05, 0) is 19.1 Å². The molecule has 0 fully saturated rings. The van der Waals surface area contributed by atoms with Crippen LogP contribution in [0.1, 0.15) is 17.3 Å². The highest BCUT2D eigenvalue weighted by atomic mass is 35.5. The fourth-order valence-corrected chi connectivity index (χ4v) is 2.26. The van der Waals surface area contributed by atoms with Gasteiger partial charge in [0.25, 0.3) is 0 Å². The van der Waals surface area contributed by atoms with Gasteiger partial charge in [-0.2, -0.15) is 0 Å². The number of rotatable bonds is 4. The summed E-state index contributed by atoms with van der Waals surface area (Å²) in [5.41, 5.74) is -0.173. The summed E-state index contributed by atoms with van der Waals surface area (Å²) in [6, 6.07) is 2.22. The molecular formula is C11H11Cl2NO5S. The normalized spacial score (nSPS) is 12.8. The number of aromatic carboxylic acids is 1. The summed E-state index contributed by atoms with van der Waals surface area (Å²) in [5, 5.41) is 9.62. The van der Waals surface area contributed by atoms with Gasteiger partial charge < -0.3 is 10.4 Å². The van der Waals surface area contributed by atoms with Crippen molar-refractivity contribution in [2.45, 2.75) is 12.2 Å². The van der Waals surface area contributed by atoms with Crippen molar-refractivity contribution in [2.75, 3.05) is 11.6 Å². The Morgan fingerprint density at radius 2 is 1.70 bits per heavy atom. The minimum absolute atomic E-state index is 0.0289. The molecule has 0 aliphatic rings. The molecule has 2 N–H and O–H groups in total. The van der Waals surface area contributed by atoms with E-state index in [1.165, 1.54) is 6.92 Å². The summed E-state index contributed by atoms with van der Waals surface area (Å²) < 4.78 is 22.5. The summed E-state index contributed by atoms with van der Waals surface area (Å²) in [5.74, 6) is -2.03. The lowest BCUT2D eigenvalue weighted by atomic mass is 10.2. The molecule has 0 heterocycles. The molecule has 0 saturated carbocycles. The van der Waals surface area contributed by atoms with Crippen LogP contribution in [-0.4, -0.2) is 36.9 Å². The first kappa shape index (κ1) is 16.7. The molecule has 1 aromatic rings. The van der Waals surface area contributed by atoms with E-state index in [0.29, 0.717) is 0 Å². The molecule has 9 heteroatoms. The van der Waals surface area contributed by atoms with E-state index in [-0.39, 0.29) is 21.3 Å². The summed E-state index contributed by atoms with van der Waals surface area (Å²) in [6.45, 7) is 1.22. The Hall–Kier alpha value is -1.31. The Labute approximate surface area is 125 Å². The van der Waals surface area contributed by atoms with Gasteiger partial charge in [-0.3, -0.25) is 4.79 Å². The van der Waals surface area contributed by atoms with Gasteiger partial charge >= 0.3 is 5.97 Å². The topological polar surface area (TPSA) is 101 Å². The highest BCUT2D eigenvalue weighted by Gasteiger charge is 2.25. The van der Waals surface area contributed by atoms with Crippen molar-refractivity contribution in [3.8, 4) is 0 Å². The minimum atomic E-state index is -3.56. The Morgan fingerprint density at radius 3 is 2.05 bits per heavy atom. The number of anilines is 1. The zero-order valence-electron chi connectivity index (χ0n) is 10.5. The van der Waals surface area contributed by atoms with E-state index in [2.05, 4.69) is 5.32 Å². The van der Waals surface area contributed by atoms with Crippen LogP contribution in [0, 0.1) is 0 Å². The van der Waals surface area contributed by atoms with Crippen molar-refractivity contribution in [3.63, 3.8) is 0 Å². The molecule has 6 nitrogen and oxygen atoms in total. The number of carbonyl (C=O) groups excluding carboxylic acids is 1. The molecule has 20 heavy (non-hydrogen) atoms. The average molecular weight is 340 g/mol. The second-order valence-electron chi connectivity index (χ2n) is 4.08. The number of sulfone groups is 1. The molecule has 0 aromatic heterocycles. The van der Waals surface area contributed by atoms with Gasteiger partial charge in [0.05, 0.1) is 21.3 Å². The molecule has 0 bridgehead atoms. The quantitative estimate of drug-likeness (QED) is 0.874. The van der Waals surface area contributed by atoms with Crippen molar-refractivity contribution >= 4 is 50.6 Å². The van der Waals surface area contributed by atoms with Gasteiger partial charge in [0.1, 0.15) is 5.25 Å². The molecule has 1 amide bonds. The average Bonchev–Trinajstić information content (AvgIpc) is 2.30. The number of carboxylic acids is 1. The molecule has 110 valence electrons. The third kappa shape index (κ3) is 3.84. The maximum absolute atomic E-state index is 11.8. The third-order valence-corrected chi connectivity index (χ3v) is 4.64. The van der Waals surface area contributed by atoms with Crippen LogP contribution in [0.3, 0.4) is 0 Å². The van der Waals surface area contributed by atoms with Crippen LogP contribution in [0.25, 0.3) is 0 Å². The second kappa shape index (κ2) is 5.99. The van der Waals surface area contributed by atoms with Crippen LogP contribution < -0.4 is 5.32 Å². The van der Waals surface area contributed by atoms with Crippen molar-refractivity contribution in [1.29, 1.82) is 0 Å². The fraction of sp³-hybridized carbons (Fsp3) is 0.273. The maximum atomic E-state index is 11.8. The lowest BCUT2D eigenvalue weighted by Gasteiger charge is -2.13. The molecule has 0 spiro atoms. The lowest BCUT2D eigenvalue weighted by molar-refractivity contribution is -0.115. The predicted octanol–water partition coefficient (Wildman–Crippen LogP) is 2.06. The van der Waals surface area contributed by atoms with E-state index in [1.54, 1.807) is 0 Å². The summed E-state index contributed by atoms with van der Waals surface area (Å²) in [4.78, 5) is 22.6. The zero-order valence-corrected chi connectivity index (χ0v) is 12.8. The van der Waals surface area contributed by atoms with E-state index in [9.17, 15) is 18.0 Å². The third-order valence-electron chi connectivity index (χ3n) is 2.55. The molecule has 1 rings (SSSR count). The first-order valence-electron chi connectivity index (χ1n) is 5.26. The Kier molecular flexibility index (Phi) is 5.01. The van der Waals surface area contributed by atoms with Gasteiger partial charge in [0.2, 0.25) is 5.91 Å². The zero-order chi connectivity index (χ0) is 15.7. The van der Waals surface area contributed by atoms with Gasteiger partial charge in [0, 0.05) is 6.26 Å². The number of carboxylic acid groups (broad SMARTS) is 1. The molecule has 0 aliphatic carbocycles. The number of hydrogen-bond donors (Lipinski definition) is 2. The Bertz CT molecular complexity index is 648. The first-order valence-corrected chi connectivity index (χ1v) is 7.97. The lowest BCUT2D eigenvalue weighted by Crippen LogP contribution is -2.32. The van der Waals surface area contributed by atoms with E-state index < -0.39 is 27.0 Å². The van der Waals surface area contributed by atoms with Gasteiger partial charge in [-0.1, -0.05) is 23.2 Å². The molecule has 1 atom stereocenters. The van der Waals surface area contributed by atoms with Crippen LogP contribution in [-0.2, 0) is 14.6 Å². The number of hydrogen-bond acceptors (Lipinski definition) is 4. The van der Waals surface area contributed by atoms with Gasteiger partial charge in [-0.15, -0.1) is 0 Å². The highest BCUT2D eigenvalue weighted by molar-refractivity contribution is 7.92. The van der Waals surface area contributed by atoms with Crippen LogP contribution >= 0.6 is 23.2 Å². The number of halogens is 2. The Morgan fingerprint density at radius 1 is 1.25 bits per heavy atom. The number of amides is 1. The summed E-state index contributed by atoms with van der Waals surface area (Å²) >= 11 is 11.7. The van der Waals surface area contributed by atoms with Crippen LogP contribution in [0.5, 0.6) is 0 Å². The molecule has 0 radical (unpaired) electrons. The van der Waals surface area contributed by atoms with Crippen molar-refractivity contribution < 1.29 is 23.1 Å². The first-order chi connectivity index (χ1) is 9.04. The van der Waals surface area contributed by atoms with Gasteiger partial charge in [-0.25, -0.2) is 13.2 Å². The SMILES string of the molecule is CC(C(=O)Nc1c(Cl)cc(C(=O)O)cc1Cl)S(C)(=O)=O. The predicted molar refractivity (Wildman–Crippen MR) is 76.4 cm³/mol. The monoisotopic (exact) mass is 339 g/mol. The number of nitrogens with one attached hydrogen (secondary N) is 1. The standard InChI is InChI=1S/C11H11Cl2NO5S/c1-5(20(2,18)19)10(15)14-9-7(12)3-6(11(16)17)4-8(9)13/h3-5H,1-2H3,(H,14,15)(H,16,17). The number of benzene rings is 1. The van der Waals surface area contributed by atoms with E-state index >= 15 is 0 Å². The minimum Gasteiger partial charge on any atom is -0.478 e. The molecule has 1 aromatic carbocycles. The van der Waals surface area contributed by atoms with Crippen molar-refractivity contribution in [3.05, 3.63) is 27.7 Å². The molecule has 0 saturated heterocycles. The van der Waals surface area contributed by atoms with E-state index in [1.807, 2.05) is 0 Å². The maximum Gasteiger partial charge on any atom is 0.335 e. The molecule has 1 unspecified atom stereocenters. The van der Waals surface area contributed by atoms with Crippen LogP contribution in [0.15, 0.2) is 12.1 Å². The summed E-state index contributed by atoms with van der Waals surface area (Å²) in [7, 11) is -3.56. The highest BCUT2D eigenvalue weighted by Crippen LogP contribution is 2.32. The van der Waals surface area contributed by atoms with Crippen molar-refractivity contribution in [1.82, 2.24) is 0 Å². The van der Waals surface area contributed by atoms with E-state index in [4.69, 9.17) is 28.3 Å².